The van der Waals surface area contributed by atoms with Gasteiger partial charge in [0.2, 0.25) is 0 Å². The van der Waals surface area contributed by atoms with Crippen LogP contribution in [0.5, 0.6) is 0 Å². The van der Waals surface area contributed by atoms with Crippen molar-refractivity contribution in [2.24, 2.45) is 0 Å². The second kappa shape index (κ2) is 15.0. The lowest BCUT2D eigenvalue weighted by Gasteiger charge is -2.29. The summed E-state index contributed by atoms with van der Waals surface area (Å²) in [6, 6.07) is 85.8. The Morgan fingerprint density at radius 2 is 0.702 bits per heavy atom. The highest BCUT2D eigenvalue weighted by Gasteiger charge is 2.21. The number of rotatable bonds is 8. The molecular formula is C56H39N. The zero-order valence-electron chi connectivity index (χ0n) is 31.5. The van der Waals surface area contributed by atoms with E-state index in [-0.39, 0.29) is 0 Å². The van der Waals surface area contributed by atoms with Crippen molar-refractivity contribution in [3.8, 4) is 55.6 Å². The van der Waals surface area contributed by atoms with Gasteiger partial charge in [-0.15, -0.1) is 0 Å². The van der Waals surface area contributed by atoms with Crippen LogP contribution >= 0.6 is 0 Å². The maximum absolute atomic E-state index is 2.43. The van der Waals surface area contributed by atoms with Gasteiger partial charge in [0.25, 0.3) is 0 Å². The van der Waals surface area contributed by atoms with Gasteiger partial charge in [0.15, 0.2) is 0 Å². The Kier molecular flexibility index (Phi) is 8.95. The molecule has 0 fully saturated rings. The first kappa shape index (κ1) is 34.0. The number of fused-ring (bicyclic) bond motifs is 2. The average molecular weight is 726 g/mol. The molecule has 0 atom stereocenters. The van der Waals surface area contributed by atoms with E-state index in [0.29, 0.717) is 0 Å². The van der Waals surface area contributed by atoms with Crippen LogP contribution in [0.3, 0.4) is 0 Å². The van der Waals surface area contributed by atoms with Crippen molar-refractivity contribution in [2.75, 3.05) is 4.90 Å². The highest BCUT2D eigenvalue weighted by Crippen LogP contribution is 2.46. The molecule has 0 aliphatic heterocycles. The minimum Gasteiger partial charge on any atom is -0.310 e. The number of hydrogen-bond donors (Lipinski definition) is 0. The van der Waals surface area contributed by atoms with Gasteiger partial charge in [0.05, 0.1) is 5.69 Å². The molecule has 10 aromatic rings. The van der Waals surface area contributed by atoms with Gasteiger partial charge in [0.1, 0.15) is 0 Å². The van der Waals surface area contributed by atoms with Crippen LogP contribution in [-0.4, -0.2) is 0 Å². The van der Waals surface area contributed by atoms with Gasteiger partial charge in [0, 0.05) is 16.9 Å². The minimum absolute atomic E-state index is 1.09. The van der Waals surface area contributed by atoms with Crippen LogP contribution in [0.25, 0.3) is 77.2 Å². The highest BCUT2D eigenvalue weighted by molar-refractivity contribution is 5.99. The Bertz CT molecular complexity index is 3020. The van der Waals surface area contributed by atoms with Crippen molar-refractivity contribution >= 4 is 38.6 Å². The number of para-hydroxylation sites is 1. The van der Waals surface area contributed by atoms with E-state index in [1.54, 1.807) is 0 Å². The molecule has 57 heavy (non-hydrogen) atoms. The first-order chi connectivity index (χ1) is 28.3. The van der Waals surface area contributed by atoms with E-state index in [4.69, 9.17) is 0 Å². The third-order valence-corrected chi connectivity index (χ3v) is 11.0. The van der Waals surface area contributed by atoms with Crippen LogP contribution in [0, 0.1) is 0 Å². The Labute approximate surface area is 334 Å². The summed E-state index contributed by atoms with van der Waals surface area (Å²) in [4.78, 5) is 2.43. The molecule has 0 aliphatic rings. The Hall–Kier alpha value is -7.48. The second-order valence-corrected chi connectivity index (χ2v) is 14.5. The summed E-state index contributed by atoms with van der Waals surface area (Å²) in [5.41, 5.74) is 15.2. The van der Waals surface area contributed by atoms with Gasteiger partial charge in [-0.05, 0) is 114 Å². The first-order valence-electron chi connectivity index (χ1n) is 19.6. The van der Waals surface area contributed by atoms with Crippen molar-refractivity contribution < 1.29 is 0 Å². The van der Waals surface area contributed by atoms with Crippen LogP contribution < -0.4 is 4.90 Å². The quantitative estimate of drug-likeness (QED) is 0.151. The molecule has 0 amide bonds. The summed E-state index contributed by atoms with van der Waals surface area (Å²) >= 11 is 0. The molecule has 0 saturated heterocycles. The van der Waals surface area contributed by atoms with Gasteiger partial charge in [-0.2, -0.15) is 0 Å². The molecule has 10 rings (SSSR count). The third kappa shape index (κ3) is 6.66. The highest BCUT2D eigenvalue weighted by atomic mass is 15.1. The predicted molar refractivity (Wildman–Crippen MR) is 243 cm³/mol. The lowest BCUT2D eigenvalue weighted by Crippen LogP contribution is -2.11. The summed E-state index contributed by atoms with van der Waals surface area (Å²) in [5, 5.41) is 4.90. The smallest absolute Gasteiger partial charge is 0.0540 e. The topological polar surface area (TPSA) is 3.24 Å². The molecule has 268 valence electrons. The Balaban J connectivity index is 1.18. The summed E-state index contributed by atoms with van der Waals surface area (Å²) < 4.78 is 0. The largest absolute Gasteiger partial charge is 0.310 e. The van der Waals surface area contributed by atoms with Crippen molar-refractivity contribution in [3.05, 3.63) is 237 Å². The molecule has 0 aromatic heterocycles. The maximum Gasteiger partial charge on any atom is 0.0540 e. The molecule has 0 bridgehead atoms. The van der Waals surface area contributed by atoms with Gasteiger partial charge in [-0.3, -0.25) is 0 Å². The first-order valence-corrected chi connectivity index (χ1v) is 19.6. The molecule has 1 nitrogen and oxygen atoms in total. The van der Waals surface area contributed by atoms with Gasteiger partial charge in [-0.1, -0.05) is 194 Å². The average Bonchev–Trinajstić information content (AvgIpc) is 3.29. The van der Waals surface area contributed by atoms with E-state index in [9.17, 15) is 0 Å². The Morgan fingerprint density at radius 3 is 1.44 bits per heavy atom. The number of hydrogen-bond acceptors (Lipinski definition) is 1. The van der Waals surface area contributed by atoms with Crippen LogP contribution in [0.4, 0.5) is 17.1 Å². The minimum atomic E-state index is 1.09. The zero-order chi connectivity index (χ0) is 38.0. The fraction of sp³-hybridized carbons (Fsp3) is 0. The lowest BCUT2D eigenvalue weighted by atomic mass is 9.87. The number of benzene rings is 10. The normalized spacial score (nSPS) is 11.2. The summed E-state index contributed by atoms with van der Waals surface area (Å²) in [6.45, 7) is 0. The number of nitrogens with zero attached hydrogens (tertiary/aromatic N) is 1. The molecule has 0 radical (unpaired) electrons. The monoisotopic (exact) mass is 725 g/mol. The van der Waals surface area contributed by atoms with E-state index < -0.39 is 0 Å². The van der Waals surface area contributed by atoms with Crippen molar-refractivity contribution in [1.82, 2.24) is 0 Å². The van der Waals surface area contributed by atoms with Gasteiger partial charge < -0.3 is 4.90 Å². The van der Waals surface area contributed by atoms with E-state index in [2.05, 4.69) is 241 Å². The second-order valence-electron chi connectivity index (χ2n) is 14.5. The lowest BCUT2D eigenvalue weighted by molar-refractivity contribution is 1.29. The SMILES string of the molecule is c1ccc(-c2ccc(-c3ccccc3)c(-c3ccccc3-c3ccccc3N(c3cccc(-c4ccc5ccccc5c4)c3)c3ccc4ccccc4c3)c2)cc1. The van der Waals surface area contributed by atoms with Crippen molar-refractivity contribution in [3.63, 3.8) is 0 Å². The summed E-state index contributed by atoms with van der Waals surface area (Å²) in [5.74, 6) is 0. The fourth-order valence-electron chi connectivity index (χ4n) is 8.23. The van der Waals surface area contributed by atoms with Crippen molar-refractivity contribution in [1.29, 1.82) is 0 Å². The van der Waals surface area contributed by atoms with E-state index in [1.807, 2.05) is 0 Å². The van der Waals surface area contributed by atoms with Gasteiger partial charge in [-0.25, -0.2) is 0 Å². The molecule has 0 spiro atoms. The molecule has 10 aromatic carbocycles. The molecule has 0 heterocycles. The maximum atomic E-state index is 2.43. The van der Waals surface area contributed by atoms with Crippen LogP contribution in [-0.2, 0) is 0 Å². The van der Waals surface area contributed by atoms with Gasteiger partial charge >= 0.3 is 0 Å². The Morgan fingerprint density at radius 1 is 0.211 bits per heavy atom. The third-order valence-electron chi connectivity index (χ3n) is 11.0. The van der Waals surface area contributed by atoms with Crippen LogP contribution in [0.1, 0.15) is 0 Å². The number of anilines is 3. The molecule has 0 unspecified atom stereocenters. The molecule has 0 N–H and O–H groups in total. The fourth-order valence-corrected chi connectivity index (χ4v) is 8.23. The molecule has 0 aliphatic carbocycles. The van der Waals surface area contributed by atoms with E-state index in [0.717, 1.165) is 22.6 Å². The summed E-state index contributed by atoms with van der Waals surface area (Å²) in [6.07, 6.45) is 0. The van der Waals surface area contributed by atoms with Crippen LogP contribution in [0.15, 0.2) is 237 Å². The molecular weight excluding hydrogens is 687 g/mol. The molecule has 1 heteroatoms. The van der Waals surface area contributed by atoms with E-state index >= 15 is 0 Å². The zero-order valence-corrected chi connectivity index (χ0v) is 31.5. The molecule has 0 saturated carbocycles. The van der Waals surface area contributed by atoms with Crippen molar-refractivity contribution in [2.45, 2.75) is 0 Å². The standard InChI is InChI=1S/C56H39N/c1-3-16-40(17-4-1)48-33-35-51(43-20-5-2-6-21-43)55(39-48)53-27-12-11-26-52(53)54-28-13-14-29-56(54)57(50-34-32-42-19-8-10-23-45(42)37-50)49-25-15-24-46(38-49)47-31-30-41-18-7-9-22-44(41)36-47/h1-39H. The predicted octanol–water partition coefficient (Wildman–Crippen LogP) is 15.8. The van der Waals surface area contributed by atoms with E-state index in [1.165, 1.54) is 71.6 Å². The van der Waals surface area contributed by atoms with Crippen LogP contribution in [0.2, 0.25) is 0 Å². The summed E-state index contributed by atoms with van der Waals surface area (Å²) in [7, 11) is 0.